The molecule has 3 rings (SSSR count). The molecule has 1 aliphatic heterocycles. The monoisotopic (exact) mass is 207 g/mol. The first kappa shape index (κ1) is 8.93. The Morgan fingerprint density at radius 3 is 2.93 bits per heavy atom. The van der Waals surface area contributed by atoms with Gasteiger partial charge in [-0.3, -0.25) is 0 Å². The molecule has 0 amide bonds. The maximum absolute atomic E-state index is 3.59. The standard InChI is InChI=1S/C12H17NS/c1-2-5-12(6-3-1)9-13-8-10-4-7-14-11(10)12/h4,7,13H,1-3,5-6,8-9H2. The Hall–Kier alpha value is -0.340. The van der Waals surface area contributed by atoms with Crippen molar-refractivity contribution in [2.24, 2.45) is 0 Å². The second kappa shape index (κ2) is 3.35. The summed E-state index contributed by atoms with van der Waals surface area (Å²) in [7, 11) is 0. The van der Waals surface area contributed by atoms with Crippen LogP contribution in [-0.4, -0.2) is 6.54 Å². The maximum Gasteiger partial charge on any atom is 0.0217 e. The Labute approximate surface area is 89.5 Å². The van der Waals surface area contributed by atoms with Crippen LogP contribution in [0.5, 0.6) is 0 Å². The lowest BCUT2D eigenvalue weighted by Crippen LogP contribution is -2.43. The number of hydrogen-bond donors (Lipinski definition) is 1. The molecule has 0 atom stereocenters. The van der Waals surface area contributed by atoms with Crippen LogP contribution in [0.4, 0.5) is 0 Å². The average Bonchev–Trinajstić information content (AvgIpc) is 2.69. The molecule has 76 valence electrons. The molecule has 0 bridgehead atoms. The van der Waals surface area contributed by atoms with Crippen molar-refractivity contribution in [2.75, 3.05) is 6.54 Å². The quantitative estimate of drug-likeness (QED) is 0.689. The summed E-state index contributed by atoms with van der Waals surface area (Å²) in [6.45, 7) is 2.32. The van der Waals surface area contributed by atoms with E-state index in [0.29, 0.717) is 5.41 Å². The predicted molar refractivity (Wildman–Crippen MR) is 60.8 cm³/mol. The highest BCUT2D eigenvalue weighted by Crippen LogP contribution is 2.44. The average molecular weight is 207 g/mol. The fraction of sp³-hybridized carbons (Fsp3) is 0.667. The van der Waals surface area contributed by atoms with Crippen LogP contribution in [0.3, 0.4) is 0 Å². The van der Waals surface area contributed by atoms with Crippen LogP contribution in [0.15, 0.2) is 11.4 Å². The molecule has 0 radical (unpaired) electrons. The minimum absolute atomic E-state index is 0.528. The lowest BCUT2D eigenvalue weighted by atomic mass is 9.70. The lowest BCUT2D eigenvalue weighted by Gasteiger charge is -2.40. The van der Waals surface area contributed by atoms with Crippen molar-refractivity contribution in [3.8, 4) is 0 Å². The first-order valence-electron chi connectivity index (χ1n) is 5.68. The third-order valence-electron chi connectivity index (χ3n) is 3.82. The molecule has 14 heavy (non-hydrogen) atoms. The van der Waals surface area contributed by atoms with Crippen LogP contribution in [-0.2, 0) is 12.0 Å². The SMILES string of the molecule is c1cc2c(s1)C1(CCCCC1)CNC2. The molecule has 0 saturated heterocycles. The largest absolute Gasteiger partial charge is 0.312 e. The van der Waals surface area contributed by atoms with Crippen LogP contribution in [0.25, 0.3) is 0 Å². The van der Waals surface area contributed by atoms with Crippen molar-refractivity contribution < 1.29 is 0 Å². The Bertz CT molecular complexity index is 323. The summed E-state index contributed by atoms with van der Waals surface area (Å²) in [6, 6.07) is 2.31. The molecule has 1 saturated carbocycles. The molecule has 1 spiro atoms. The van der Waals surface area contributed by atoms with E-state index >= 15 is 0 Å². The molecule has 1 aromatic heterocycles. The van der Waals surface area contributed by atoms with E-state index in [2.05, 4.69) is 16.8 Å². The van der Waals surface area contributed by atoms with Gasteiger partial charge < -0.3 is 5.32 Å². The smallest absolute Gasteiger partial charge is 0.0217 e. The molecule has 0 unspecified atom stereocenters. The van der Waals surface area contributed by atoms with Crippen molar-refractivity contribution in [3.63, 3.8) is 0 Å². The second-order valence-electron chi connectivity index (χ2n) is 4.72. The van der Waals surface area contributed by atoms with E-state index in [0.717, 1.165) is 6.54 Å². The van der Waals surface area contributed by atoms with Crippen LogP contribution < -0.4 is 5.32 Å². The summed E-state index contributed by atoms with van der Waals surface area (Å²) in [6.07, 6.45) is 7.13. The van der Waals surface area contributed by atoms with Gasteiger partial charge in [0.15, 0.2) is 0 Å². The number of nitrogens with one attached hydrogen (secondary N) is 1. The van der Waals surface area contributed by atoms with Gasteiger partial charge in [0.25, 0.3) is 0 Å². The first-order valence-corrected chi connectivity index (χ1v) is 6.56. The van der Waals surface area contributed by atoms with Crippen LogP contribution >= 0.6 is 11.3 Å². The van der Waals surface area contributed by atoms with Gasteiger partial charge in [0, 0.05) is 23.4 Å². The third kappa shape index (κ3) is 1.24. The van der Waals surface area contributed by atoms with Gasteiger partial charge in [-0.15, -0.1) is 11.3 Å². The second-order valence-corrected chi connectivity index (χ2v) is 5.64. The number of hydrogen-bond acceptors (Lipinski definition) is 2. The van der Waals surface area contributed by atoms with E-state index in [1.54, 1.807) is 10.4 Å². The van der Waals surface area contributed by atoms with Crippen molar-refractivity contribution >= 4 is 11.3 Å². The summed E-state index contributed by atoms with van der Waals surface area (Å²) in [5.41, 5.74) is 2.10. The Balaban J connectivity index is 2.01. The molecular formula is C12H17NS. The van der Waals surface area contributed by atoms with E-state index in [9.17, 15) is 0 Å². The van der Waals surface area contributed by atoms with Gasteiger partial charge in [0.05, 0.1) is 0 Å². The molecule has 2 aliphatic rings. The Morgan fingerprint density at radius 1 is 1.21 bits per heavy atom. The zero-order chi connectivity index (χ0) is 9.43. The van der Waals surface area contributed by atoms with E-state index in [1.165, 1.54) is 38.6 Å². The van der Waals surface area contributed by atoms with Gasteiger partial charge in [-0.1, -0.05) is 19.3 Å². The predicted octanol–water partition coefficient (Wildman–Crippen LogP) is 3.05. The fourth-order valence-corrected chi connectivity index (χ4v) is 4.28. The lowest BCUT2D eigenvalue weighted by molar-refractivity contribution is 0.270. The number of thiophene rings is 1. The summed E-state index contributed by atoms with van der Waals surface area (Å²) >= 11 is 1.99. The number of fused-ring (bicyclic) bond motifs is 2. The van der Waals surface area contributed by atoms with Crippen molar-refractivity contribution in [3.05, 3.63) is 21.9 Å². The van der Waals surface area contributed by atoms with Crippen molar-refractivity contribution in [1.29, 1.82) is 0 Å². The molecule has 1 aromatic rings. The van der Waals surface area contributed by atoms with Crippen LogP contribution in [0.2, 0.25) is 0 Å². The van der Waals surface area contributed by atoms with Gasteiger partial charge in [-0.25, -0.2) is 0 Å². The zero-order valence-electron chi connectivity index (χ0n) is 8.51. The van der Waals surface area contributed by atoms with E-state index in [1.807, 2.05) is 11.3 Å². The van der Waals surface area contributed by atoms with E-state index < -0.39 is 0 Å². The van der Waals surface area contributed by atoms with Crippen molar-refractivity contribution in [2.45, 2.75) is 44.1 Å². The minimum atomic E-state index is 0.528. The van der Waals surface area contributed by atoms with E-state index in [-0.39, 0.29) is 0 Å². The third-order valence-corrected chi connectivity index (χ3v) is 5.02. The molecule has 2 heterocycles. The summed E-state index contributed by atoms with van der Waals surface area (Å²) in [5, 5.41) is 5.87. The van der Waals surface area contributed by atoms with Crippen molar-refractivity contribution in [1.82, 2.24) is 5.32 Å². The maximum atomic E-state index is 3.59. The molecular weight excluding hydrogens is 190 g/mol. The molecule has 0 aromatic carbocycles. The molecule has 1 N–H and O–H groups in total. The molecule has 2 heteroatoms. The first-order chi connectivity index (χ1) is 6.91. The fourth-order valence-electron chi connectivity index (χ4n) is 3.09. The normalized spacial score (nSPS) is 24.9. The Morgan fingerprint density at radius 2 is 2.07 bits per heavy atom. The highest BCUT2D eigenvalue weighted by molar-refractivity contribution is 7.10. The topological polar surface area (TPSA) is 12.0 Å². The van der Waals surface area contributed by atoms with Gasteiger partial charge >= 0.3 is 0 Å². The van der Waals surface area contributed by atoms with Crippen LogP contribution in [0.1, 0.15) is 42.5 Å². The molecule has 1 nitrogen and oxygen atoms in total. The summed E-state index contributed by atoms with van der Waals surface area (Å²) in [5.74, 6) is 0. The Kier molecular flexibility index (Phi) is 2.14. The van der Waals surface area contributed by atoms with Gasteiger partial charge in [-0.2, -0.15) is 0 Å². The summed E-state index contributed by atoms with van der Waals surface area (Å²) < 4.78 is 0. The molecule has 1 aliphatic carbocycles. The highest BCUT2D eigenvalue weighted by Gasteiger charge is 2.38. The summed E-state index contributed by atoms with van der Waals surface area (Å²) in [4.78, 5) is 1.70. The number of rotatable bonds is 0. The zero-order valence-corrected chi connectivity index (χ0v) is 9.33. The highest BCUT2D eigenvalue weighted by atomic mass is 32.1. The minimum Gasteiger partial charge on any atom is -0.312 e. The van der Waals surface area contributed by atoms with Gasteiger partial charge in [0.2, 0.25) is 0 Å². The van der Waals surface area contributed by atoms with Crippen LogP contribution in [0, 0.1) is 0 Å². The van der Waals surface area contributed by atoms with E-state index in [4.69, 9.17) is 0 Å². The van der Waals surface area contributed by atoms with Gasteiger partial charge in [-0.05, 0) is 29.9 Å². The van der Waals surface area contributed by atoms with Gasteiger partial charge in [0.1, 0.15) is 0 Å². The molecule has 1 fully saturated rings.